The van der Waals surface area contributed by atoms with Crippen LogP contribution < -0.4 is 5.32 Å². The molecule has 7 nitrogen and oxygen atoms in total. The Kier molecular flexibility index (Phi) is 5.09. The summed E-state index contributed by atoms with van der Waals surface area (Å²) in [6, 6.07) is 15.6. The molecule has 2 aromatic carbocycles. The van der Waals surface area contributed by atoms with Crippen molar-refractivity contribution < 1.29 is 18.0 Å². The van der Waals surface area contributed by atoms with Crippen molar-refractivity contribution in [1.82, 2.24) is 14.5 Å². The van der Waals surface area contributed by atoms with Crippen molar-refractivity contribution in [2.45, 2.75) is 36.7 Å². The molecule has 1 N–H and O–H groups in total. The van der Waals surface area contributed by atoms with E-state index in [-0.39, 0.29) is 29.2 Å². The van der Waals surface area contributed by atoms with Gasteiger partial charge < -0.3 is 10.2 Å². The molecule has 0 bridgehead atoms. The summed E-state index contributed by atoms with van der Waals surface area (Å²) >= 11 is 0. The highest BCUT2D eigenvalue weighted by Gasteiger charge is 2.66. The lowest BCUT2D eigenvalue weighted by Crippen LogP contribution is -2.44. The number of rotatable bonds is 4. The minimum atomic E-state index is -3.84. The lowest BCUT2D eigenvalue weighted by atomic mass is 9.96. The van der Waals surface area contributed by atoms with Crippen LogP contribution >= 0.6 is 0 Å². The first-order valence-electron chi connectivity index (χ1n) is 11.0. The Bertz CT molecular complexity index is 1170. The van der Waals surface area contributed by atoms with E-state index < -0.39 is 21.5 Å². The lowest BCUT2D eigenvalue weighted by Gasteiger charge is -2.29. The Labute approximate surface area is 188 Å². The Balaban J connectivity index is 1.37. The number of sulfonamides is 1. The van der Waals surface area contributed by atoms with Gasteiger partial charge in [0.05, 0.1) is 4.90 Å². The summed E-state index contributed by atoms with van der Waals surface area (Å²) in [6.45, 7) is 1.46. The molecule has 1 saturated carbocycles. The van der Waals surface area contributed by atoms with E-state index in [2.05, 4.69) is 17.4 Å². The van der Waals surface area contributed by atoms with Gasteiger partial charge in [-0.1, -0.05) is 42.5 Å². The summed E-state index contributed by atoms with van der Waals surface area (Å²) in [5, 5.41) is 2.60. The van der Waals surface area contributed by atoms with Crippen LogP contribution in [0.15, 0.2) is 59.5 Å². The Morgan fingerprint density at radius 2 is 1.69 bits per heavy atom. The molecule has 168 valence electrons. The second-order valence-corrected chi connectivity index (χ2v) is 11.0. The number of fused-ring (bicyclic) bond motifs is 1. The van der Waals surface area contributed by atoms with Gasteiger partial charge in [-0.25, -0.2) is 8.42 Å². The van der Waals surface area contributed by atoms with Gasteiger partial charge in [0.2, 0.25) is 21.8 Å². The van der Waals surface area contributed by atoms with Crippen LogP contribution in [0, 0.1) is 11.3 Å². The predicted molar refractivity (Wildman–Crippen MR) is 119 cm³/mol. The minimum Gasteiger partial charge on any atom is -0.358 e. The largest absolute Gasteiger partial charge is 0.358 e. The number of nitrogens with one attached hydrogen (secondary N) is 1. The quantitative estimate of drug-likeness (QED) is 0.765. The van der Waals surface area contributed by atoms with Gasteiger partial charge in [0.1, 0.15) is 6.04 Å². The topological polar surface area (TPSA) is 86.8 Å². The van der Waals surface area contributed by atoms with E-state index in [1.54, 1.807) is 30.3 Å². The van der Waals surface area contributed by atoms with Crippen LogP contribution in [0.1, 0.15) is 24.0 Å². The number of benzene rings is 2. The normalized spacial score (nSPS) is 27.2. The van der Waals surface area contributed by atoms with Gasteiger partial charge in [-0.2, -0.15) is 4.31 Å². The van der Waals surface area contributed by atoms with E-state index in [4.69, 9.17) is 0 Å². The molecule has 1 aliphatic carbocycles. The van der Waals surface area contributed by atoms with Crippen molar-refractivity contribution in [1.29, 1.82) is 0 Å². The predicted octanol–water partition coefficient (Wildman–Crippen LogP) is 1.79. The number of hydrogen-bond acceptors (Lipinski definition) is 4. The van der Waals surface area contributed by atoms with Crippen molar-refractivity contribution in [3.63, 3.8) is 0 Å². The van der Waals surface area contributed by atoms with E-state index in [1.807, 2.05) is 17.0 Å². The smallest absolute Gasteiger partial charge is 0.243 e. The average Bonchev–Trinajstić information content (AvgIpc) is 3.38. The number of hydrogen-bond donors (Lipinski definition) is 1. The molecule has 8 heteroatoms. The van der Waals surface area contributed by atoms with Gasteiger partial charge in [0, 0.05) is 32.6 Å². The fraction of sp³-hybridized carbons (Fsp3) is 0.417. The zero-order chi connectivity index (χ0) is 22.5. The first kappa shape index (κ1) is 21.2. The zero-order valence-corrected chi connectivity index (χ0v) is 18.8. The third-order valence-electron chi connectivity index (χ3n) is 7.25. The molecule has 5 rings (SSSR count). The Hall–Kier alpha value is -2.71. The van der Waals surface area contributed by atoms with Gasteiger partial charge in [-0.15, -0.1) is 0 Å². The first-order chi connectivity index (χ1) is 15.4. The fourth-order valence-electron chi connectivity index (χ4n) is 5.34. The summed E-state index contributed by atoms with van der Waals surface area (Å²) in [6.07, 6.45) is 1.83. The molecule has 2 fully saturated rings. The Morgan fingerprint density at radius 1 is 1.00 bits per heavy atom. The van der Waals surface area contributed by atoms with Crippen molar-refractivity contribution in [2.75, 3.05) is 20.1 Å². The first-order valence-corrected chi connectivity index (χ1v) is 12.4. The number of carbonyl (C=O) groups is 2. The molecular formula is C24H27N3O4S. The highest BCUT2D eigenvalue weighted by molar-refractivity contribution is 7.89. The van der Waals surface area contributed by atoms with E-state index >= 15 is 0 Å². The van der Waals surface area contributed by atoms with Crippen LogP contribution in [0.4, 0.5) is 0 Å². The molecule has 2 aromatic rings. The second kappa shape index (κ2) is 7.71. The maximum absolute atomic E-state index is 13.4. The highest BCUT2D eigenvalue weighted by Crippen LogP contribution is 2.61. The molecule has 2 heterocycles. The number of carbonyl (C=O) groups excluding carboxylic acids is 2. The van der Waals surface area contributed by atoms with Crippen molar-refractivity contribution in [3.05, 3.63) is 65.7 Å². The van der Waals surface area contributed by atoms with Crippen LogP contribution in [0.5, 0.6) is 0 Å². The van der Waals surface area contributed by atoms with Gasteiger partial charge >= 0.3 is 0 Å². The molecule has 2 amide bonds. The molecule has 32 heavy (non-hydrogen) atoms. The third-order valence-corrected chi connectivity index (χ3v) is 9.12. The van der Waals surface area contributed by atoms with Crippen molar-refractivity contribution >= 4 is 21.8 Å². The van der Waals surface area contributed by atoms with Gasteiger partial charge in [-0.3, -0.25) is 9.59 Å². The monoisotopic (exact) mass is 453 g/mol. The van der Waals surface area contributed by atoms with Gasteiger partial charge in [0.15, 0.2) is 0 Å². The SMILES string of the molecule is CNC(=O)C1CC2(CC2C(=O)N2CCc3ccccc3C2)CN1S(=O)(=O)c1ccccc1. The summed E-state index contributed by atoms with van der Waals surface area (Å²) < 4.78 is 28.0. The number of amides is 2. The molecule has 0 aromatic heterocycles. The van der Waals surface area contributed by atoms with Gasteiger partial charge in [-0.05, 0) is 47.9 Å². The highest BCUT2D eigenvalue weighted by atomic mass is 32.2. The zero-order valence-electron chi connectivity index (χ0n) is 18.0. The molecule has 3 atom stereocenters. The summed E-state index contributed by atoms with van der Waals surface area (Å²) in [7, 11) is -2.33. The molecule has 2 aliphatic heterocycles. The van der Waals surface area contributed by atoms with Crippen molar-refractivity contribution in [3.8, 4) is 0 Å². The molecular weight excluding hydrogens is 426 g/mol. The van der Waals surface area contributed by atoms with Crippen LogP contribution in [-0.2, 0) is 32.6 Å². The summed E-state index contributed by atoms with van der Waals surface area (Å²) in [5.41, 5.74) is 1.99. The van der Waals surface area contributed by atoms with E-state index in [0.717, 1.165) is 6.42 Å². The van der Waals surface area contributed by atoms with Gasteiger partial charge in [0.25, 0.3) is 0 Å². The number of likely N-dealkylation sites (N-methyl/N-ethyl adjacent to an activating group) is 1. The summed E-state index contributed by atoms with van der Waals surface area (Å²) in [5.74, 6) is -0.489. The third kappa shape index (κ3) is 3.42. The van der Waals surface area contributed by atoms with Crippen LogP contribution in [-0.4, -0.2) is 55.6 Å². The Morgan fingerprint density at radius 3 is 2.41 bits per heavy atom. The molecule has 0 radical (unpaired) electrons. The fourth-order valence-corrected chi connectivity index (χ4v) is 7.05. The van der Waals surface area contributed by atoms with Crippen LogP contribution in [0.2, 0.25) is 0 Å². The van der Waals surface area contributed by atoms with Crippen LogP contribution in [0.25, 0.3) is 0 Å². The molecule has 3 unspecified atom stereocenters. The van der Waals surface area contributed by atoms with E-state index in [0.29, 0.717) is 25.9 Å². The van der Waals surface area contributed by atoms with Crippen LogP contribution in [0.3, 0.4) is 0 Å². The number of nitrogens with zero attached hydrogens (tertiary/aromatic N) is 2. The maximum atomic E-state index is 13.4. The molecule has 3 aliphatic rings. The van der Waals surface area contributed by atoms with E-state index in [9.17, 15) is 18.0 Å². The molecule has 1 saturated heterocycles. The lowest BCUT2D eigenvalue weighted by molar-refractivity contribution is -0.134. The standard InChI is InChI=1S/C24H27N3O4S/c1-25-22(28)21-14-24(16-27(21)32(30,31)19-9-3-2-4-10-19)13-20(24)23(29)26-12-11-17-7-5-6-8-18(17)15-26/h2-10,20-21H,11-16H2,1H3,(H,25,28). The maximum Gasteiger partial charge on any atom is 0.243 e. The van der Waals surface area contributed by atoms with Crippen molar-refractivity contribution in [2.24, 2.45) is 11.3 Å². The average molecular weight is 454 g/mol. The second-order valence-electron chi connectivity index (χ2n) is 9.10. The molecule has 1 spiro atoms. The summed E-state index contributed by atoms with van der Waals surface area (Å²) in [4.78, 5) is 28.0. The van der Waals surface area contributed by atoms with E-state index in [1.165, 1.54) is 22.5 Å². The minimum absolute atomic E-state index is 0.0779.